The first kappa shape index (κ1) is 32.8. The minimum atomic E-state index is -1.00. The summed E-state index contributed by atoms with van der Waals surface area (Å²) in [5, 5.41) is 29.4. The Balaban J connectivity index is 1.46. The summed E-state index contributed by atoms with van der Waals surface area (Å²) < 4.78 is 0. The van der Waals surface area contributed by atoms with Gasteiger partial charge in [0.1, 0.15) is 6.04 Å². The van der Waals surface area contributed by atoms with Crippen LogP contribution in [0.4, 0.5) is 5.69 Å². The summed E-state index contributed by atoms with van der Waals surface area (Å²) in [4.78, 5) is 37.2. The summed E-state index contributed by atoms with van der Waals surface area (Å²) in [6.45, 7) is 10.7. The van der Waals surface area contributed by atoms with E-state index in [0.717, 1.165) is 34.4 Å². The predicted octanol–water partition coefficient (Wildman–Crippen LogP) is 5.40. The Morgan fingerprint density at radius 1 is 1.24 bits per heavy atom. The third kappa shape index (κ3) is 6.14. The molecule has 0 unspecified atom stereocenters. The molecule has 1 saturated heterocycles. The van der Waals surface area contributed by atoms with Crippen molar-refractivity contribution in [3.63, 3.8) is 0 Å². The van der Waals surface area contributed by atoms with Crippen molar-refractivity contribution in [3.8, 4) is 11.1 Å². The molecule has 3 N–H and O–H groups in total. The number of carbonyl (C=O) groups excluding carboxylic acids is 1. The van der Waals surface area contributed by atoms with Gasteiger partial charge in [0, 0.05) is 36.7 Å². The van der Waals surface area contributed by atoms with Gasteiger partial charge in [-0.05, 0) is 95.8 Å². The molecule has 2 aromatic carbocycles. The average molecular weight is 619 g/mol. The van der Waals surface area contributed by atoms with Crippen LogP contribution in [0.5, 0.6) is 0 Å². The number of carboxylic acids is 1. The van der Waals surface area contributed by atoms with Gasteiger partial charge >= 0.3 is 5.97 Å². The molecule has 3 saturated carbocycles. The molecule has 6 rings (SSSR count). The first-order chi connectivity index (χ1) is 21.2. The molecule has 1 heterocycles. The highest BCUT2D eigenvalue weighted by molar-refractivity contribution is 5.91. The minimum absolute atomic E-state index is 0.0150. The molecule has 2 aromatic rings. The Bertz CT molecular complexity index is 1500. The summed E-state index contributed by atoms with van der Waals surface area (Å²) in [5.74, 6) is -0.348. The maximum absolute atomic E-state index is 14.1. The zero-order valence-electron chi connectivity index (χ0n) is 27.3. The van der Waals surface area contributed by atoms with Crippen LogP contribution >= 0.6 is 0 Å². The summed E-state index contributed by atoms with van der Waals surface area (Å²) in [6, 6.07) is 10.3. The Morgan fingerprint density at radius 3 is 2.58 bits per heavy atom. The normalized spacial score (nSPS) is 29.3. The van der Waals surface area contributed by atoms with Gasteiger partial charge in [-0.1, -0.05) is 44.1 Å². The Kier molecular flexibility index (Phi) is 9.20. The van der Waals surface area contributed by atoms with Crippen LogP contribution in [0, 0.1) is 36.0 Å². The van der Waals surface area contributed by atoms with Crippen LogP contribution < -0.4 is 10.2 Å². The maximum atomic E-state index is 14.1. The van der Waals surface area contributed by atoms with Gasteiger partial charge in [0.15, 0.2) is 0 Å². The van der Waals surface area contributed by atoms with Gasteiger partial charge in [-0.25, -0.2) is 4.79 Å². The highest BCUT2D eigenvalue weighted by Gasteiger charge is 2.57. The number of aromatic carboxylic acids is 1. The molecule has 1 aliphatic heterocycles. The first-order valence-corrected chi connectivity index (χ1v) is 15.8. The van der Waals surface area contributed by atoms with Crippen molar-refractivity contribution < 1.29 is 24.6 Å². The Hall–Kier alpha value is -3.63. The fraction of sp³-hybridized carbons (Fsp3) is 0.588. The quantitative estimate of drug-likeness (QED) is 0.183. The molecular formula is C34H46N6O5. The van der Waals surface area contributed by atoms with Gasteiger partial charge in [-0.15, -0.1) is 0 Å². The van der Waals surface area contributed by atoms with Crippen LogP contribution in [0.3, 0.4) is 0 Å². The largest absolute Gasteiger partial charge is 0.478 e. The number of hydroxylamine groups is 2. The molecule has 3 aliphatic carbocycles. The van der Waals surface area contributed by atoms with Crippen molar-refractivity contribution in [2.45, 2.75) is 78.3 Å². The van der Waals surface area contributed by atoms with Crippen molar-refractivity contribution in [1.82, 2.24) is 10.4 Å². The zero-order chi connectivity index (χ0) is 32.8. The second-order valence-electron chi connectivity index (χ2n) is 14.0. The molecule has 0 aromatic heterocycles. The number of hydrogen-bond donors (Lipinski definition) is 3. The van der Waals surface area contributed by atoms with Gasteiger partial charge in [0.25, 0.3) is 0 Å². The molecule has 11 heteroatoms. The first-order valence-electron chi connectivity index (χ1n) is 15.8. The fourth-order valence-electron chi connectivity index (χ4n) is 8.08. The zero-order valence-corrected chi connectivity index (χ0v) is 27.3. The standard InChI is InChI=1S/C34H46N6O5/c1-18-21(9-8-10-26(18)22-11-23(33(43)44)13-25(12-22)39(6)7)17-40-31(30(20(3)41)29(45-40)16-36-38-35)32(42)37-28-15-24-14-27(19(28)2)34(24,4)5/h8-13,19-20,24,27-31,41H,14-17H2,1-7H3,(H,37,42)(H,43,44)/t19-,20-,24+,27-,28-,29-,30+,31-/m0/s1. The highest BCUT2D eigenvalue weighted by atomic mass is 16.7. The smallest absolute Gasteiger partial charge is 0.335 e. The number of aliphatic hydroxyl groups excluding tert-OH is 1. The van der Waals surface area contributed by atoms with E-state index in [1.54, 1.807) is 24.1 Å². The van der Waals surface area contributed by atoms with Gasteiger partial charge in [-0.2, -0.15) is 5.06 Å². The number of amides is 1. The van der Waals surface area contributed by atoms with E-state index in [0.29, 0.717) is 17.8 Å². The minimum Gasteiger partial charge on any atom is -0.478 e. The number of rotatable bonds is 10. The van der Waals surface area contributed by atoms with E-state index in [2.05, 4.69) is 36.1 Å². The number of aliphatic hydroxyl groups is 1. The molecule has 8 atom stereocenters. The summed E-state index contributed by atoms with van der Waals surface area (Å²) in [7, 11) is 3.74. The molecule has 11 nitrogen and oxygen atoms in total. The lowest BCUT2D eigenvalue weighted by Gasteiger charge is -2.62. The lowest BCUT2D eigenvalue weighted by atomic mass is 9.45. The third-order valence-corrected chi connectivity index (χ3v) is 11.0. The highest BCUT2D eigenvalue weighted by Crippen LogP contribution is 2.61. The van der Waals surface area contributed by atoms with Crippen molar-refractivity contribution in [3.05, 3.63) is 63.5 Å². The number of nitrogens with zero attached hydrogens (tertiary/aromatic N) is 5. The molecule has 2 bridgehead atoms. The van der Waals surface area contributed by atoms with E-state index in [9.17, 15) is 19.8 Å². The molecule has 45 heavy (non-hydrogen) atoms. The van der Waals surface area contributed by atoms with E-state index in [1.165, 1.54) is 6.42 Å². The lowest BCUT2D eigenvalue weighted by molar-refractivity contribution is -0.175. The number of benzene rings is 2. The van der Waals surface area contributed by atoms with Crippen molar-refractivity contribution in [2.24, 2.45) is 34.2 Å². The molecular weight excluding hydrogens is 572 g/mol. The number of anilines is 1. The average Bonchev–Trinajstić information content (AvgIpc) is 3.35. The van der Waals surface area contributed by atoms with Crippen LogP contribution in [-0.4, -0.2) is 72.1 Å². The molecule has 0 radical (unpaired) electrons. The number of fused-ring (bicyclic) bond motifs is 2. The SMILES string of the molecule is Cc1c(CN2O[C@@H](CN=[N+]=[N-])[C@@H]([C@H](C)O)[C@H]2C(=O)N[C@H]2C[C@H]3C[C@@H]([C@@H]2C)C3(C)C)cccc1-c1cc(C(=O)O)cc(N(C)C)c1. The second kappa shape index (κ2) is 12.6. The van der Waals surface area contributed by atoms with Crippen LogP contribution in [-0.2, 0) is 16.2 Å². The van der Waals surface area contributed by atoms with Crippen molar-refractivity contribution in [2.75, 3.05) is 25.5 Å². The van der Waals surface area contributed by atoms with Gasteiger partial charge in [-0.3, -0.25) is 9.63 Å². The summed E-state index contributed by atoms with van der Waals surface area (Å²) in [6.07, 6.45) is 0.560. The Morgan fingerprint density at radius 2 is 1.98 bits per heavy atom. The number of carbonyl (C=O) groups is 2. The lowest BCUT2D eigenvalue weighted by Crippen LogP contribution is -2.62. The molecule has 4 fully saturated rings. The second-order valence-corrected chi connectivity index (χ2v) is 14.0. The monoisotopic (exact) mass is 618 g/mol. The number of nitrogens with one attached hydrogen (secondary N) is 1. The van der Waals surface area contributed by atoms with E-state index >= 15 is 0 Å². The van der Waals surface area contributed by atoms with Crippen LogP contribution in [0.1, 0.15) is 62.0 Å². The number of carboxylic acid groups (broad SMARTS) is 1. The molecule has 1 amide bonds. The molecule has 0 spiro atoms. The van der Waals surface area contributed by atoms with Gasteiger partial charge in [0.05, 0.1) is 30.9 Å². The predicted molar refractivity (Wildman–Crippen MR) is 172 cm³/mol. The molecule has 4 aliphatic rings. The van der Waals surface area contributed by atoms with E-state index in [1.807, 2.05) is 50.2 Å². The fourth-order valence-corrected chi connectivity index (χ4v) is 8.08. The number of hydrogen-bond acceptors (Lipinski definition) is 7. The third-order valence-electron chi connectivity index (χ3n) is 11.0. The Labute approximate surface area is 265 Å². The van der Waals surface area contributed by atoms with E-state index in [-0.39, 0.29) is 36.0 Å². The van der Waals surface area contributed by atoms with Crippen molar-refractivity contribution in [1.29, 1.82) is 0 Å². The topological polar surface area (TPSA) is 151 Å². The van der Waals surface area contributed by atoms with Gasteiger partial charge in [0.2, 0.25) is 5.91 Å². The van der Waals surface area contributed by atoms with Gasteiger partial charge < -0.3 is 20.4 Å². The van der Waals surface area contributed by atoms with Crippen LogP contribution in [0.15, 0.2) is 41.5 Å². The van der Waals surface area contributed by atoms with E-state index in [4.69, 9.17) is 10.4 Å². The van der Waals surface area contributed by atoms with E-state index < -0.39 is 30.1 Å². The maximum Gasteiger partial charge on any atom is 0.335 e. The summed E-state index contributed by atoms with van der Waals surface area (Å²) >= 11 is 0. The summed E-state index contributed by atoms with van der Waals surface area (Å²) in [5.41, 5.74) is 13.7. The van der Waals surface area contributed by atoms with Crippen molar-refractivity contribution >= 4 is 17.6 Å². The van der Waals surface area contributed by atoms with Crippen LogP contribution in [0.2, 0.25) is 0 Å². The number of azide groups is 1. The van der Waals surface area contributed by atoms with Crippen LogP contribution in [0.25, 0.3) is 21.6 Å². The molecule has 242 valence electrons.